The van der Waals surface area contributed by atoms with Crippen LogP contribution in [0.4, 0.5) is 11.4 Å². The Morgan fingerprint density at radius 2 is 1.79 bits per heavy atom. The number of carboxylic acids is 1. The van der Waals surface area contributed by atoms with E-state index in [9.17, 15) is 19.7 Å². The minimum absolute atomic E-state index is 0.374. The number of nitrogens with zero attached hydrogens (tertiary/aromatic N) is 1. The van der Waals surface area contributed by atoms with Gasteiger partial charge in [0, 0.05) is 11.8 Å². The average molecular weight is 386 g/mol. The van der Waals surface area contributed by atoms with Gasteiger partial charge in [0.15, 0.2) is 0 Å². The second kappa shape index (κ2) is 8.08. The number of hydrogen-bond donors (Lipinski definition) is 2. The lowest BCUT2D eigenvalue weighted by Gasteiger charge is -2.23. The molecule has 1 atom stereocenters. The molecular weight excluding hydrogens is 364 g/mol. The van der Waals surface area contributed by atoms with E-state index in [2.05, 4.69) is 5.32 Å². The van der Waals surface area contributed by atoms with E-state index in [1.807, 2.05) is 0 Å². The van der Waals surface area contributed by atoms with Crippen molar-refractivity contribution in [2.45, 2.75) is 39.3 Å². The molecule has 0 aliphatic carbocycles. The van der Waals surface area contributed by atoms with Crippen LogP contribution in [0.2, 0.25) is 0 Å². The van der Waals surface area contributed by atoms with Gasteiger partial charge in [-0.05, 0) is 57.0 Å². The number of rotatable bonds is 6. The lowest BCUT2D eigenvalue weighted by atomic mass is 10.0. The van der Waals surface area contributed by atoms with Crippen molar-refractivity contribution < 1.29 is 24.4 Å². The molecule has 148 valence electrons. The number of nitro groups is 1. The van der Waals surface area contributed by atoms with Gasteiger partial charge in [0.05, 0.1) is 4.92 Å². The molecule has 1 unspecified atom stereocenters. The second-order valence-corrected chi connectivity index (χ2v) is 7.27. The van der Waals surface area contributed by atoms with Crippen molar-refractivity contribution in [3.05, 3.63) is 58.1 Å². The largest absolute Gasteiger partial charge is 0.477 e. The molecule has 28 heavy (non-hydrogen) atoms. The third-order valence-corrected chi connectivity index (χ3v) is 3.76. The summed E-state index contributed by atoms with van der Waals surface area (Å²) in [6.45, 7) is 7.02. The predicted octanol–water partition coefficient (Wildman–Crippen LogP) is 4.10. The summed E-state index contributed by atoms with van der Waals surface area (Å²) < 4.78 is 5.33. The number of aromatic carboxylic acids is 1. The summed E-state index contributed by atoms with van der Waals surface area (Å²) >= 11 is 0. The van der Waals surface area contributed by atoms with Gasteiger partial charge in [-0.25, -0.2) is 9.59 Å². The zero-order chi connectivity index (χ0) is 21.1. The molecule has 0 bridgehead atoms. The Morgan fingerprint density at radius 1 is 1.14 bits per heavy atom. The molecule has 8 heteroatoms. The van der Waals surface area contributed by atoms with Gasteiger partial charge in [0.1, 0.15) is 17.2 Å². The third kappa shape index (κ3) is 5.29. The van der Waals surface area contributed by atoms with Crippen LogP contribution in [0.15, 0.2) is 42.5 Å². The lowest BCUT2D eigenvalue weighted by molar-refractivity contribution is -0.385. The molecule has 0 saturated heterocycles. The SMILES string of the molecule is CC(Nc1cccc(-c2ccc(C(=O)O)c([N+](=O)[O-])c2)c1)C(=O)OC(C)(C)C. The van der Waals surface area contributed by atoms with Gasteiger partial charge in [0.2, 0.25) is 0 Å². The Bertz CT molecular complexity index is 917. The molecule has 0 aliphatic rings. The highest BCUT2D eigenvalue weighted by Gasteiger charge is 2.22. The lowest BCUT2D eigenvalue weighted by Crippen LogP contribution is -2.34. The molecule has 2 aromatic rings. The number of nitrogens with one attached hydrogen (secondary N) is 1. The van der Waals surface area contributed by atoms with E-state index in [1.165, 1.54) is 18.2 Å². The summed E-state index contributed by atoms with van der Waals surface area (Å²) in [4.78, 5) is 33.7. The molecule has 8 nitrogen and oxygen atoms in total. The van der Waals surface area contributed by atoms with E-state index >= 15 is 0 Å². The topological polar surface area (TPSA) is 119 Å². The molecule has 2 rings (SSSR count). The monoisotopic (exact) mass is 386 g/mol. The van der Waals surface area contributed by atoms with Gasteiger partial charge in [-0.1, -0.05) is 18.2 Å². The van der Waals surface area contributed by atoms with Crippen molar-refractivity contribution in [2.24, 2.45) is 0 Å². The molecule has 0 aromatic heterocycles. The number of carbonyl (C=O) groups excluding carboxylic acids is 1. The van der Waals surface area contributed by atoms with Crippen LogP contribution in [0, 0.1) is 10.1 Å². The first-order chi connectivity index (χ1) is 13.0. The van der Waals surface area contributed by atoms with Crippen LogP contribution in [0.1, 0.15) is 38.1 Å². The van der Waals surface area contributed by atoms with Gasteiger partial charge in [-0.3, -0.25) is 10.1 Å². The predicted molar refractivity (Wildman–Crippen MR) is 104 cm³/mol. The van der Waals surface area contributed by atoms with Crippen LogP contribution in [-0.4, -0.2) is 33.6 Å². The maximum atomic E-state index is 12.1. The van der Waals surface area contributed by atoms with Gasteiger partial charge in [-0.15, -0.1) is 0 Å². The molecule has 2 N–H and O–H groups in total. The van der Waals surface area contributed by atoms with Crippen molar-refractivity contribution in [1.82, 2.24) is 0 Å². The van der Waals surface area contributed by atoms with E-state index in [0.717, 1.165) is 0 Å². The summed E-state index contributed by atoms with van der Waals surface area (Å²) in [6.07, 6.45) is 0. The number of ether oxygens (including phenoxy) is 1. The van der Waals surface area contributed by atoms with Crippen molar-refractivity contribution in [2.75, 3.05) is 5.32 Å². The van der Waals surface area contributed by atoms with Crippen molar-refractivity contribution in [1.29, 1.82) is 0 Å². The third-order valence-electron chi connectivity index (χ3n) is 3.76. The second-order valence-electron chi connectivity index (χ2n) is 7.27. The van der Waals surface area contributed by atoms with E-state index < -0.39 is 34.2 Å². The van der Waals surface area contributed by atoms with Gasteiger partial charge in [0.25, 0.3) is 5.69 Å². The number of carbonyl (C=O) groups is 2. The van der Waals surface area contributed by atoms with Crippen molar-refractivity contribution in [3.63, 3.8) is 0 Å². The number of hydrogen-bond acceptors (Lipinski definition) is 6. The molecule has 0 saturated carbocycles. The summed E-state index contributed by atoms with van der Waals surface area (Å²) in [7, 11) is 0. The minimum Gasteiger partial charge on any atom is -0.477 e. The minimum atomic E-state index is -1.36. The highest BCUT2D eigenvalue weighted by molar-refractivity contribution is 5.93. The van der Waals surface area contributed by atoms with E-state index in [1.54, 1.807) is 52.0 Å². The van der Waals surface area contributed by atoms with Crippen LogP contribution in [-0.2, 0) is 9.53 Å². The smallest absolute Gasteiger partial charge is 0.342 e. The summed E-state index contributed by atoms with van der Waals surface area (Å²) in [5.41, 5.74) is 0.305. The maximum Gasteiger partial charge on any atom is 0.342 e. The van der Waals surface area contributed by atoms with Crippen LogP contribution in [0.5, 0.6) is 0 Å². The van der Waals surface area contributed by atoms with E-state index in [0.29, 0.717) is 16.8 Å². The number of esters is 1. The maximum absolute atomic E-state index is 12.1. The molecule has 0 fully saturated rings. The average Bonchev–Trinajstić information content (AvgIpc) is 2.59. The molecule has 0 aliphatic heterocycles. The van der Waals surface area contributed by atoms with Crippen LogP contribution in [0.3, 0.4) is 0 Å². The molecule has 0 amide bonds. The summed E-state index contributed by atoms with van der Waals surface area (Å²) in [5, 5.41) is 23.3. The van der Waals surface area contributed by atoms with Gasteiger partial charge < -0.3 is 15.2 Å². The first kappa shape index (κ1) is 20.9. The standard InChI is InChI=1S/C20H22N2O6/c1-12(19(25)28-20(2,3)4)21-15-7-5-6-13(10-15)14-8-9-16(18(23)24)17(11-14)22(26)27/h5-12,21H,1-4H3,(H,23,24). The number of nitro benzene ring substituents is 1. The van der Waals surface area contributed by atoms with Crippen LogP contribution < -0.4 is 5.32 Å². The molecular formula is C20H22N2O6. The quantitative estimate of drug-likeness (QED) is 0.436. The molecule has 0 radical (unpaired) electrons. The molecule has 2 aromatic carbocycles. The first-order valence-corrected chi connectivity index (χ1v) is 8.59. The zero-order valence-electron chi connectivity index (χ0n) is 16.1. The van der Waals surface area contributed by atoms with Gasteiger partial charge in [-0.2, -0.15) is 0 Å². The van der Waals surface area contributed by atoms with Gasteiger partial charge >= 0.3 is 11.9 Å². The van der Waals surface area contributed by atoms with E-state index in [4.69, 9.17) is 9.84 Å². The Labute approximate surface area is 162 Å². The van der Waals surface area contributed by atoms with Crippen molar-refractivity contribution >= 4 is 23.3 Å². The fourth-order valence-corrected chi connectivity index (χ4v) is 2.53. The Morgan fingerprint density at radius 3 is 2.36 bits per heavy atom. The fourth-order valence-electron chi connectivity index (χ4n) is 2.53. The van der Waals surface area contributed by atoms with Crippen molar-refractivity contribution in [3.8, 4) is 11.1 Å². The highest BCUT2D eigenvalue weighted by atomic mass is 16.6. The zero-order valence-corrected chi connectivity index (χ0v) is 16.1. The first-order valence-electron chi connectivity index (χ1n) is 8.59. The normalized spacial score (nSPS) is 12.1. The summed E-state index contributed by atoms with van der Waals surface area (Å²) in [6, 6.07) is 10.3. The number of carboxylic acid groups (broad SMARTS) is 1. The fraction of sp³-hybridized carbons (Fsp3) is 0.300. The Balaban J connectivity index is 2.28. The van der Waals surface area contributed by atoms with E-state index in [-0.39, 0.29) is 5.56 Å². The Hall–Kier alpha value is -3.42. The Kier molecular flexibility index (Phi) is 6.03. The van der Waals surface area contributed by atoms with Crippen LogP contribution >= 0.6 is 0 Å². The summed E-state index contributed by atoms with van der Waals surface area (Å²) in [5.74, 6) is -1.76. The number of benzene rings is 2. The van der Waals surface area contributed by atoms with Crippen LogP contribution in [0.25, 0.3) is 11.1 Å². The highest BCUT2D eigenvalue weighted by Crippen LogP contribution is 2.29. The number of anilines is 1. The molecule has 0 heterocycles. The molecule has 0 spiro atoms.